The predicted octanol–water partition coefficient (Wildman–Crippen LogP) is 2.35. The monoisotopic (exact) mass is 302 g/mol. The van der Waals surface area contributed by atoms with Gasteiger partial charge in [-0.2, -0.15) is 0 Å². The number of methoxy groups -OCH3 is 1. The fraction of sp³-hybridized carbons (Fsp3) is 0.267. The molecular formula is C15H18N4OS. The zero-order chi connectivity index (χ0) is 15.4. The number of anilines is 1. The lowest BCUT2D eigenvalue weighted by molar-refractivity contribution is 0.397. The number of hydrogen-bond acceptors (Lipinski definition) is 5. The molecule has 0 saturated heterocycles. The first kappa shape index (κ1) is 15.2. The van der Waals surface area contributed by atoms with E-state index in [0.29, 0.717) is 23.2 Å². The molecule has 6 heteroatoms. The average Bonchev–Trinajstić information content (AvgIpc) is 2.44. The van der Waals surface area contributed by atoms with E-state index >= 15 is 0 Å². The third-order valence-corrected chi connectivity index (χ3v) is 3.26. The minimum atomic E-state index is 0.343. The third-order valence-electron chi connectivity index (χ3n) is 3.06. The summed E-state index contributed by atoms with van der Waals surface area (Å²) in [5, 5.41) is 3.27. The van der Waals surface area contributed by atoms with Gasteiger partial charge < -0.3 is 15.8 Å². The van der Waals surface area contributed by atoms with E-state index in [4.69, 9.17) is 22.7 Å². The summed E-state index contributed by atoms with van der Waals surface area (Å²) in [6.07, 6.45) is 1.76. The highest BCUT2D eigenvalue weighted by Gasteiger charge is 2.11. The smallest absolute Gasteiger partial charge is 0.212 e. The van der Waals surface area contributed by atoms with Gasteiger partial charge in [0.05, 0.1) is 12.7 Å². The van der Waals surface area contributed by atoms with Gasteiger partial charge in [0, 0.05) is 24.5 Å². The molecule has 0 aliphatic rings. The van der Waals surface area contributed by atoms with E-state index in [0.717, 1.165) is 22.4 Å². The Labute approximate surface area is 129 Å². The van der Waals surface area contributed by atoms with Crippen molar-refractivity contribution >= 4 is 23.0 Å². The van der Waals surface area contributed by atoms with Crippen LogP contribution in [0.5, 0.6) is 5.88 Å². The summed E-state index contributed by atoms with van der Waals surface area (Å²) >= 11 is 5.11. The van der Waals surface area contributed by atoms with Gasteiger partial charge in [0.15, 0.2) is 0 Å². The molecule has 0 atom stereocenters. The third kappa shape index (κ3) is 3.66. The maximum atomic E-state index is 5.79. The zero-order valence-electron chi connectivity index (χ0n) is 12.3. The average molecular weight is 302 g/mol. The van der Waals surface area contributed by atoms with Crippen molar-refractivity contribution in [3.63, 3.8) is 0 Å². The van der Waals surface area contributed by atoms with E-state index in [1.165, 1.54) is 0 Å². The second kappa shape index (κ2) is 6.49. The van der Waals surface area contributed by atoms with Crippen LogP contribution in [0, 0.1) is 13.8 Å². The molecule has 0 radical (unpaired) electrons. The van der Waals surface area contributed by atoms with Crippen LogP contribution in [0.2, 0.25) is 0 Å². The lowest BCUT2D eigenvalue weighted by atomic mass is 10.1. The first-order chi connectivity index (χ1) is 10.0. The summed E-state index contributed by atoms with van der Waals surface area (Å²) < 4.78 is 5.04. The van der Waals surface area contributed by atoms with Gasteiger partial charge in [-0.3, -0.25) is 0 Å². The number of ether oxygens (including phenoxy) is 1. The van der Waals surface area contributed by atoms with Crippen molar-refractivity contribution in [1.29, 1.82) is 0 Å². The van der Waals surface area contributed by atoms with Gasteiger partial charge in [-0.15, -0.1) is 0 Å². The number of nitrogens with zero attached hydrogens (tertiary/aromatic N) is 2. The van der Waals surface area contributed by atoms with Gasteiger partial charge in [0.2, 0.25) is 5.88 Å². The molecule has 21 heavy (non-hydrogen) atoms. The highest BCUT2D eigenvalue weighted by atomic mass is 32.1. The summed E-state index contributed by atoms with van der Waals surface area (Å²) in [4.78, 5) is 8.99. The quantitative estimate of drug-likeness (QED) is 0.826. The number of rotatable bonds is 5. The Morgan fingerprint density at radius 1 is 1.38 bits per heavy atom. The van der Waals surface area contributed by atoms with Crippen LogP contribution in [-0.2, 0) is 6.54 Å². The molecule has 0 unspecified atom stereocenters. The Bertz CT molecular complexity index is 655. The lowest BCUT2D eigenvalue weighted by Crippen LogP contribution is -2.16. The molecular weight excluding hydrogens is 284 g/mol. The van der Waals surface area contributed by atoms with Crippen LogP contribution in [0.3, 0.4) is 0 Å². The Hall–Kier alpha value is -2.21. The van der Waals surface area contributed by atoms with E-state index in [-0.39, 0.29) is 0 Å². The van der Waals surface area contributed by atoms with Crippen molar-refractivity contribution in [2.24, 2.45) is 5.73 Å². The maximum absolute atomic E-state index is 5.79. The summed E-state index contributed by atoms with van der Waals surface area (Å²) in [6.45, 7) is 4.50. The summed E-state index contributed by atoms with van der Waals surface area (Å²) in [7, 11) is 1.59. The minimum absolute atomic E-state index is 0.343. The van der Waals surface area contributed by atoms with Crippen molar-refractivity contribution < 1.29 is 4.74 Å². The molecule has 3 N–H and O–H groups in total. The van der Waals surface area contributed by atoms with E-state index in [1.54, 1.807) is 13.3 Å². The number of pyridine rings is 2. The van der Waals surface area contributed by atoms with Crippen LogP contribution >= 0.6 is 12.2 Å². The summed E-state index contributed by atoms with van der Waals surface area (Å²) in [6, 6.07) is 5.73. The molecule has 0 saturated carbocycles. The van der Waals surface area contributed by atoms with Crippen molar-refractivity contribution in [3.8, 4) is 5.88 Å². The molecule has 2 rings (SSSR count). The minimum Gasteiger partial charge on any atom is -0.481 e. The number of aromatic nitrogens is 2. The predicted molar refractivity (Wildman–Crippen MR) is 87.7 cm³/mol. The van der Waals surface area contributed by atoms with E-state index in [2.05, 4.69) is 15.3 Å². The van der Waals surface area contributed by atoms with E-state index in [1.807, 2.05) is 32.0 Å². The Morgan fingerprint density at radius 3 is 2.71 bits per heavy atom. The SMILES string of the molecule is COc1ccc(CNc2nc(C)cc(C)c2C(N)=S)cn1. The number of hydrogen-bond donors (Lipinski definition) is 2. The van der Waals surface area contributed by atoms with Crippen molar-refractivity contribution in [3.05, 3.63) is 46.8 Å². The Kier molecular flexibility index (Phi) is 4.70. The molecule has 0 bridgehead atoms. The van der Waals surface area contributed by atoms with Crippen LogP contribution in [0.1, 0.15) is 22.4 Å². The van der Waals surface area contributed by atoms with Gasteiger partial charge in [-0.05, 0) is 31.0 Å². The standard InChI is InChI=1S/C15H18N4OS/c1-9-6-10(2)19-15(13(9)14(16)21)18-8-11-4-5-12(20-3)17-7-11/h4-7H,8H2,1-3H3,(H2,16,21)(H,18,19). The van der Waals surface area contributed by atoms with Crippen molar-refractivity contribution in [2.45, 2.75) is 20.4 Å². The first-order valence-electron chi connectivity index (χ1n) is 6.52. The molecule has 110 valence electrons. The fourth-order valence-corrected chi connectivity index (χ4v) is 2.36. The van der Waals surface area contributed by atoms with Crippen LogP contribution < -0.4 is 15.8 Å². The number of nitrogens with two attached hydrogens (primary N) is 1. The van der Waals surface area contributed by atoms with Gasteiger partial charge in [0.1, 0.15) is 10.8 Å². The Morgan fingerprint density at radius 2 is 2.14 bits per heavy atom. The molecule has 2 aromatic heterocycles. The number of nitrogens with one attached hydrogen (secondary N) is 1. The Balaban J connectivity index is 2.20. The van der Waals surface area contributed by atoms with Crippen molar-refractivity contribution in [1.82, 2.24) is 9.97 Å². The zero-order valence-corrected chi connectivity index (χ0v) is 13.1. The second-order valence-corrected chi connectivity index (χ2v) is 5.17. The lowest BCUT2D eigenvalue weighted by Gasteiger charge is -2.13. The molecule has 0 aliphatic heterocycles. The molecule has 0 aliphatic carbocycles. The molecule has 2 heterocycles. The molecule has 0 spiro atoms. The van der Waals surface area contributed by atoms with Crippen LogP contribution in [0.15, 0.2) is 24.4 Å². The number of aryl methyl sites for hydroxylation is 2. The van der Waals surface area contributed by atoms with Crippen LogP contribution in [0.4, 0.5) is 5.82 Å². The van der Waals surface area contributed by atoms with Crippen LogP contribution in [-0.4, -0.2) is 22.1 Å². The summed E-state index contributed by atoms with van der Waals surface area (Å²) in [5.41, 5.74) is 9.54. The molecule has 5 nitrogen and oxygen atoms in total. The first-order valence-corrected chi connectivity index (χ1v) is 6.93. The van der Waals surface area contributed by atoms with E-state index in [9.17, 15) is 0 Å². The largest absolute Gasteiger partial charge is 0.481 e. The molecule has 2 aromatic rings. The number of thiocarbonyl (C=S) groups is 1. The second-order valence-electron chi connectivity index (χ2n) is 4.73. The molecule has 0 aromatic carbocycles. The van der Waals surface area contributed by atoms with E-state index < -0.39 is 0 Å². The highest BCUT2D eigenvalue weighted by Crippen LogP contribution is 2.19. The van der Waals surface area contributed by atoms with Crippen molar-refractivity contribution in [2.75, 3.05) is 12.4 Å². The van der Waals surface area contributed by atoms with Gasteiger partial charge in [0.25, 0.3) is 0 Å². The fourth-order valence-electron chi connectivity index (χ4n) is 2.10. The van der Waals surface area contributed by atoms with Crippen LogP contribution in [0.25, 0.3) is 0 Å². The molecule has 0 amide bonds. The summed E-state index contributed by atoms with van der Waals surface area (Å²) in [5.74, 6) is 1.29. The van der Waals surface area contributed by atoms with Gasteiger partial charge >= 0.3 is 0 Å². The highest BCUT2D eigenvalue weighted by molar-refractivity contribution is 7.80. The van der Waals surface area contributed by atoms with Gasteiger partial charge in [-0.25, -0.2) is 9.97 Å². The van der Waals surface area contributed by atoms with Gasteiger partial charge in [-0.1, -0.05) is 18.3 Å². The maximum Gasteiger partial charge on any atom is 0.212 e. The molecule has 0 fully saturated rings. The topological polar surface area (TPSA) is 73.1 Å². The normalized spacial score (nSPS) is 10.2.